The molecule has 4 radical (unpaired) electrons. The molecule has 2 rings (SSSR count). The summed E-state index contributed by atoms with van der Waals surface area (Å²) >= 11 is 5.79. The molecule has 2 aromatic carbocycles. The number of nitro benzene ring substituents is 1. The van der Waals surface area contributed by atoms with Crippen LogP contribution in [0.15, 0.2) is 18.2 Å². The summed E-state index contributed by atoms with van der Waals surface area (Å²) in [6.07, 6.45) is 0. The van der Waals surface area contributed by atoms with Crippen LogP contribution in [0.1, 0.15) is 0 Å². The molecular weight excluding hydrogens is 295 g/mol. The minimum atomic E-state index is -0.732. The van der Waals surface area contributed by atoms with Crippen LogP contribution in [0.2, 0.25) is 5.02 Å². The second-order valence-electron chi connectivity index (χ2n) is 4.17. The zero-order valence-corrected chi connectivity index (χ0v) is 11.1. The maximum absolute atomic E-state index is 11.1. The van der Waals surface area contributed by atoms with E-state index in [2.05, 4.69) is 0 Å². The van der Waals surface area contributed by atoms with Gasteiger partial charge in [-0.25, -0.2) is 0 Å². The maximum atomic E-state index is 11.1. The predicted molar refractivity (Wildman–Crippen MR) is 79.3 cm³/mol. The smallest absolute Gasteiger partial charge is 0.277 e. The number of halogens is 1. The molecule has 102 valence electrons. The molecule has 6 nitrogen and oxygen atoms in total. The molecule has 0 aliphatic heterocycles. The molecule has 0 aromatic heterocycles. The lowest BCUT2D eigenvalue weighted by Crippen LogP contribution is -2.17. The van der Waals surface area contributed by atoms with E-state index in [0.717, 1.165) is 6.07 Å². The molecule has 0 spiro atoms. The van der Waals surface area contributed by atoms with Crippen LogP contribution < -0.4 is 10.9 Å². The van der Waals surface area contributed by atoms with E-state index in [4.69, 9.17) is 27.3 Å². The number of nitro groups is 1. The first-order valence-electron chi connectivity index (χ1n) is 5.51. The highest BCUT2D eigenvalue weighted by atomic mass is 35.5. The normalized spacial score (nSPS) is 10.5. The van der Waals surface area contributed by atoms with E-state index in [9.17, 15) is 25.4 Å². The van der Waals surface area contributed by atoms with Gasteiger partial charge in [-0.15, -0.1) is 0 Å². The van der Waals surface area contributed by atoms with E-state index in [0.29, 0.717) is 0 Å². The van der Waals surface area contributed by atoms with Crippen molar-refractivity contribution < 1.29 is 20.2 Å². The topological polar surface area (TPSA) is 104 Å². The second kappa shape index (κ2) is 5.21. The number of aromatic hydroxyl groups is 3. The van der Waals surface area contributed by atoms with Gasteiger partial charge in [0.25, 0.3) is 5.69 Å². The molecule has 0 aliphatic rings. The van der Waals surface area contributed by atoms with Crippen molar-refractivity contribution in [2.24, 2.45) is 0 Å². The SMILES string of the molecule is [B]c1c(O)c([B])c(O)c(-c2cc(Cl)ccc2[N+](=O)[O-])c1O. The molecule has 0 saturated heterocycles. The molecule has 0 bridgehead atoms. The predicted octanol–water partition coefficient (Wildman–Crippen LogP) is 0.620. The molecule has 3 N–H and O–H groups in total. The van der Waals surface area contributed by atoms with E-state index in [1.54, 1.807) is 0 Å². The van der Waals surface area contributed by atoms with Crippen LogP contribution >= 0.6 is 11.6 Å². The summed E-state index contributed by atoms with van der Waals surface area (Å²) in [5, 5.41) is 40.7. The molecule has 0 unspecified atom stereocenters. The Balaban J connectivity index is 2.92. The quantitative estimate of drug-likeness (QED) is 0.428. The summed E-state index contributed by atoms with van der Waals surface area (Å²) < 4.78 is 0. The molecule has 0 saturated carbocycles. The Morgan fingerprint density at radius 3 is 2.05 bits per heavy atom. The van der Waals surface area contributed by atoms with Crippen molar-refractivity contribution in [2.45, 2.75) is 0 Å². The summed E-state index contributed by atoms with van der Waals surface area (Å²) in [7, 11) is 10.9. The van der Waals surface area contributed by atoms with Crippen LogP contribution in [0.25, 0.3) is 11.1 Å². The Kier molecular flexibility index (Phi) is 3.74. The number of benzene rings is 2. The average Bonchev–Trinajstić information content (AvgIpc) is 2.43. The second-order valence-corrected chi connectivity index (χ2v) is 4.60. The fraction of sp³-hybridized carbons (Fsp3) is 0. The molecule has 0 atom stereocenters. The van der Waals surface area contributed by atoms with Gasteiger partial charge in [0, 0.05) is 11.1 Å². The summed E-state index contributed by atoms with van der Waals surface area (Å²) in [5.74, 6) is -2.17. The van der Waals surface area contributed by atoms with Crippen molar-refractivity contribution in [1.29, 1.82) is 0 Å². The van der Waals surface area contributed by atoms with E-state index in [1.807, 2.05) is 0 Å². The monoisotopic (exact) mass is 301 g/mol. The van der Waals surface area contributed by atoms with Crippen LogP contribution in [0, 0.1) is 10.1 Å². The number of phenols is 3. The van der Waals surface area contributed by atoms with Crippen LogP contribution in [0.5, 0.6) is 17.2 Å². The van der Waals surface area contributed by atoms with Crippen molar-refractivity contribution in [3.8, 4) is 28.4 Å². The van der Waals surface area contributed by atoms with Gasteiger partial charge in [-0.1, -0.05) is 11.6 Å². The highest BCUT2D eigenvalue weighted by molar-refractivity contribution is 6.44. The summed E-state index contributed by atoms with van der Waals surface area (Å²) in [6, 6.07) is 3.56. The van der Waals surface area contributed by atoms with Crippen LogP contribution in [-0.2, 0) is 0 Å². The van der Waals surface area contributed by atoms with Crippen LogP contribution in [0.3, 0.4) is 0 Å². The number of nitrogens with zero attached hydrogens (tertiary/aromatic N) is 1. The van der Waals surface area contributed by atoms with Gasteiger partial charge in [-0.05, 0) is 23.1 Å². The fourth-order valence-corrected chi connectivity index (χ4v) is 2.05. The van der Waals surface area contributed by atoms with Crippen LogP contribution in [-0.4, -0.2) is 35.9 Å². The molecule has 0 fully saturated rings. The first-order chi connectivity index (χ1) is 9.75. The zero-order valence-electron chi connectivity index (χ0n) is 10.4. The van der Waals surface area contributed by atoms with Crippen molar-refractivity contribution in [3.05, 3.63) is 33.3 Å². The molecule has 0 heterocycles. The van der Waals surface area contributed by atoms with E-state index >= 15 is 0 Å². The number of hydrogen-bond donors (Lipinski definition) is 3. The Morgan fingerprint density at radius 2 is 1.57 bits per heavy atom. The van der Waals surface area contributed by atoms with Gasteiger partial charge in [0.15, 0.2) is 0 Å². The third kappa shape index (κ3) is 2.38. The first-order valence-corrected chi connectivity index (χ1v) is 5.89. The van der Waals surface area contributed by atoms with Gasteiger partial charge in [0.2, 0.25) is 0 Å². The highest BCUT2D eigenvalue weighted by Gasteiger charge is 2.25. The lowest BCUT2D eigenvalue weighted by atomic mass is 9.80. The van der Waals surface area contributed by atoms with E-state index in [1.165, 1.54) is 12.1 Å². The highest BCUT2D eigenvalue weighted by Crippen LogP contribution is 2.42. The summed E-state index contributed by atoms with van der Waals surface area (Å²) in [5.41, 5.74) is -1.99. The van der Waals surface area contributed by atoms with E-state index < -0.39 is 38.8 Å². The Labute approximate surface area is 126 Å². The molecule has 9 heteroatoms. The van der Waals surface area contributed by atoms with Crippen molar-refractivity contribution in [3.63, 3.8) is 0 Å². The van der Waals surface area contributed by atoms with Crippen molar-refractivity contribution in [1.82, 2.24) is 0 Å². The van der Waals surface area contributed by atoms with Crippen molar-refractivity contribution >= 4 is 43.9 Å². The molecular formula is C12H6B2ClNO5. The Hall–Kier alpha value is -2.34. The first kappa shape index (κ1) is 15.1. The summed E-state index contributed by atoms with van der Waals surface area (Å²) in [4.78, 5) is 10.3. The van der Waals surface area contributed by atoms with Gasteiger partial charge in [-0.2, -0.15) is 0 Å². The van der Waals surface area contributed by atoms with Crippen LogP contribution in [0.4, 0.5) is 5.69 Å². The fourth-order valence-electron chi connectivity index (χ4n) is 1.87. The maximum Gasteiger partial charge on any atom is 0.277 e. The average molecular weight is 301 g/mol. The number of rotatable bonds is 2. The standard InChI is InChI=1S/C12H6B2ClNO5/c13-8-10(17)7(11(18)9(14)12(8)19)5-3-4(15)1-2-6(5)16(20)21/h1-3,17-19H. The number of phenolic OH excluding ortho intramolecular Hbond substituents is 3. The van der Waals surface area contributed by atoms with Gasteiger partial charge in [0.1, 0.15) is 32.9 Å². The Morgan fingerprint density at radius 1 is 1.05 bits per heavy atom. The summed E-state index contributed by atoms with van der Waals surface area (Å²) in [6.45, 7) is 0. The lowest BCUT2D eigenvalue weighted by molar-refractivity contribution is -0.384. The largest absolute Gasteiger partial charge is 0.509 e. The minimum Gasteiger partial charge on any atom is -0.509 e. The third-order valence-corrected chi connectivity index (χ3v) is 3.15. The van der Waals surface area contributed by atoms with Gasteiger partial charge in [0.05, 0.1) is 16.1 Å². The van der Waals surface area contributed by atoms with Crippen molar-refractivity contribution in [2.75, 3.05) is 0 Å². The minimum absolute atomic E-state index is 0.139. The zero-order chi connectivity index (χ0) is 15.9. The van der Waals surface area contributed by atoms with Gasteiger partial charge >= 0.3 is 0 Å². The van der Waals surface area contributed by atoms with Gasteiger partial charge in [-0.3, -0.25) is 10.1 Å². The Bertz CT molecular complexity index is 737. The molecule has 0 aliphatic carbocycles. The van der Waals surface area contributed by atoms with E-state index in [-0.39, 0.29) is 16.1 Å². The third-order valence-electron chi connectivity index (χ3n) is 2.92. The molecule has 2 aromatic rings. The molecule has 21 heavy (non-hydrogen) atoms. The molecule has 0 amide bonds. The number of hydrogen-bond acceptors (Lipinski definition) is 5. The van der Waals surface area contributed by atoms with Gasteiger partial charge < -0.3 is 15.3 Å². The lowest BCUT2D eigenvalue weighted by Gasteiger charge is -2.15.